The summed E-state index contributed by atoms with van der Waals surface area (Å²) in [6.45, 7) is 6.91. The molecule has 2 saturated heterocycles. The zero-order chi connectivity index (χ0) is 41.7. The zero-order valence-electron chi connectivity index (χ0n) is 34.7. The van der Waals surface area contributed by atoms with Crippen LogP contribution in [0.2, 0.25) is 0 Å². The predicted octanol–water partition coefficient (Wildman–Crippen LogP) is 5.21. The van der Waals surface area contributed by atoms with Crippen molar-refractivity contribution in [1.29, 1.82) is 0 Å². The third-order valence-corrected chi connectivity index (χ3v) is 13.8. The van der Waals surface area contributed by atoms with Crippen LogP contribution in [0.5, 0.6) is 11.5 Å². The van der Waals surface area contributed by atoms with E-state index >= 15 is 0 Å². The topological polar surface area (TPSA) is 207 Å². The molecule has 1 saturated carbocycles. The van der Waals surface area contributed by atoms with Crippen molar-refractivity contribution in [2.75, 3.05) is 13.6 Å². The minimum atomic E-state index is -1.10. The van der Waals surface area contributed by atoms with E-state index in [0.717, 1.165) is 42.7 Å². The standard InChI is InChI=1S/C46H55N7O7/c1-23-14-33(54)39-34(57-23)18-35-38(41(39)55)31-15-24(19-49-4)10-12-46(44(56)58-42(31)45(2,3)59-35)36(60-46)9-8-25-16-37(47)52-40-28(25)6-5-7-29-30(40)17-27(51-43(29)48)21-53-20-26-11-13-50-32(26)22-53/h11,13-14,16-18,20,22,24,27,31,36,40,42,49-52,55H,5-10,12,15,19,21,47-48H2,1-4H3/t24-,27?,31-,36-,40?,42-,46+/m1/s1. The van der Waals surface area contributed by atoms with Gasteiger partial charge in [0.25, 0.3) is 0 Å². The molecule has 2 unspecified atom stereocenters. The number of ether oxygens (including phenoxy) is 3. The minimum Gasteiger partial charge on any atom is -0.507 e. The van der Waals surface area contributed by atoms with Crippen LogP contribution < -0.4 is 37.6 Å². The van der Waals surface area contributed by atoms with Gasteiger partial charge >= 0.3 is 5.97 Å². The van der Waals surface area contributed by atoms with Crippen molar-refractivity contribution < 1.29 is 28.5 Å². The van der Waals surface area contributed by atoms with Crippen LogP contribution in [0.1, 0.15) is 82.5 Å². The summed E-state index contributed by atoms with van der Waals surface area (Å²) >= 11 is 0. The van der Waals surface area contributed by atoms with Crippen LogP contribution >= 0.6 is 0 Å². The number of rotatable bonds is 7. The maximum absolute atomic E-state index is 14.6. The maximum Gasteiger partial charge on any atom is 0.341 e. The Morgan fingerprint density at radius 2 is 1.97 bits per heavy atom. The lowest BCUT2D eigenvalue weighted by Crippen LogP contribution is -2.52. The molecule has 9 N–H and O–H groups in total. The number of phenolic OH excluding ortho intramolecular Hbond substituents is 1. The van der Waals surface area contributed by atoms with Crippen LogP contribution in [0.15, 0.2) is 92.1 Å². The molecule has 1 spiro atoms. The summed E-state index contributed by atoms with van der Waals surface area (Å²) < 4.78 is 27.6. The number of phenols is 1. The molecule has 316 valence electrons. The molecule has 8 heterocycles. The Hall–Kier alpha value is -5.60. The molecule has 60 heavy (non-hydrogen) atoms. The molecule has 10 rings (SSSR count). The summed E-state index contributed by atoms with van der Waals surface area (Å²) in [7, 11) is 1.92. The number of H-pyrrole nitrogens is 1. The highest BCUT2D eigenvalue weighted by atomic mass is 16.7. The van der Waals surface area contributed by atoms with Gasteiger partial charge in [-0.05, 0) is 126 Å². The second kappa shape index (κ2) is 14.3. The number of fused-ring (bicyclic) bond motifs is 8. The van der Waals surface area contributed by atoms with Gasteiger partial charge in [-0.25, -0.2) is 4.79 Å². The quantitative estimate of drug-likeness (QED) is 0.0948. The second-order valence-electron chi connectivity index (χ2n) is 18.2. The van der Waals surface area contributed by atoms with Gasteiger partial charge < -0.3 is 60.7 Å². The summed E-state index contributed by atoms with van der Waals surface area (Å²) in [5.74, 6) is 1.26. The van der Waals surface area contributed by atoms with Crippen LogP contribution in [0.4, 0.5) is 0 Å². The average Bonchev–Trinajstić information content (AvgIpc) is 3.58. The molecule has 4 aromatic rings. The van der Waals surface area contributed by atoms with Gasteiger partial charge in [-0.2, -0.15) is 0 Å². The SMILES string of the molecule is CNC[C@@H]1CC[C@@]2(O[C@@H]2CCC2=C3CCCC4=C(N)NC(Cn5cc6cc[nH]c6c5)C=C4C3NC(N)=C2)C(=O)O[C@@H]2[C@H](C1)c1c(cc3oc(C)cc(=O)c3c1O)OC2(C)C. The molecule has 14 heteroatoms. The van der Waals surface area contributed by atoms with Crippen LogP contribution in [-0.2, 0) is 20.8 Å². The third-order valence-electron chi connectivity index (χ3n) is 13.8. The van der Waals surface area contributed by atoms with Gasteiger partial charge in [-0.15, -0.1) is 0 Å². The van der Waals surface area contributed by atoms with E-state index in [1.807, 2.05) is 33.2 Å². The van der Waals surface area contributed by atoms with Gasteiger partial charge in [-0.1, -0.05) is 6.08 Å². The normalized spacial score (nSPS) is 29.6. The van der Waals surface area contributed by atoms with E-state index in [1.54, 1.807) is 13.0 Å². The van der Waals surface area contributed by atoms with E-state index in [1.165, 1.54) is 28.2 Å². The fourth-order valence-electron chi connectivity index (χ4n) is 11.0. The number of hydrogen-bond acceptors (Lipinski definition) is 12. The number of epoxide rings is 1. The first-order chi connectivity index (χ1) is 28.8. The first kappa shape index (κ1) is 38.6. The first-order valence-electron chi connectivity index (χ1n) is 21.4. The Morgan fingerprint density at radius 1 is 1.12 bits per heavy atom. The number of aromatic nitrogens is 2. The number of carbonyl (C=O) groups is 1. The predicted molar refractivity (Wildman–Crippen MR) is 227 cm³/mol. The maximum atomic E-state index is 14.6. The lowest BCUT2D eigenvalue weighted by atomic mass is 9.75. The molecular formula is C46H55N7O7. The van der Waals surface area contributed by atoms with Crippen molar-refractivity contribution in [3.63, 3.8) is 0 Å². The van der Waals surface area contributed by atoms with Crippen molar-refractivity contribution in [1.82, 2.24) is 25.5 Å². The molecule has 5 aliphatic heterocycles. The van der Waals surface area contributed by atoms with Gasteiger partial charge in [0, 0.05) is 54.1 Å². The number of aryl methyl sites for hydroxylation is 1. The van der Waals surface area contributed by atoms with Gasteiger partial charge in [0.15, 0.2) is 11.0 Å². The number of aromatic hydroxyl groups is 1. The van der Waals surface area contributed by atoms with Crippen molar-refractivity contribution in [2.24, 2.45) is 17.4 Å². The van der Waals surface area contributed by atoms with Crippen LogP contribution in [0.25, 0.3) is 21.9 Å². The lowest BCUT2D eigenvalue weighted by molar-refractivity contribution is -0.170. The minimum absolute atomic E-state index is 0.00211. The Kier molecular flexibility index (Phi) is 9.17. The number of aromatic amines is 1. The molecule has 1 aliphatic carbocycles. The van der Waals surface area contributed by atoms with E-state index in [2.05, 4.69) is 50.0 Å². The van der Waals surface area contributed by atoms with E-state index in [0.29, 0.717) is 61.5 Å². The van der Waals surface area contributed by atoms with Gasteiger partial charge in [0.2, 0.25) is 0 Å². The van der Waals surface area contributed by atoms with E-state index in [-0.39, 0.29) is 46.3 Å². The molecule has 0 radical (unpaired) electrons. The van der Waals surface area contributed by atoms with E-state index < -0.39 is 29.2 Å². The second-order valence-corrected chi connectivity index (χ2v) is 18.2. The number of nitrogens with one attached hydrogen (secondary N) is 4. The van der Waals surface area contributed by atoms with Gasteiger partial charge in [0.1, 0.15) is 45.8 Å². The largest absolute Gasteiger partial charge is 0.507 e. The number of carbonyl (C=O) groups excluding carboxylic acids is 1. The molecule has 0 bridgehead atoms. The first-order valence-corrected chi connectivity index (χ1v) is 21.4. The van der Waals surface area contributed by atoms with E-state index in [4.69, 9.17) is 30.1 Å². The highest BCUT2D eigenvalue weighted by Gasteiger charge is 2.65. The average molecular weight is 818 g/mol. The fourth-order valence-corrected chi connectivity index (χ4v) is 11.0. The molecule has 3 fully saturated rings. The Morgan fingerprint density at radius 3 is 2.78 bits per heavy atom. The number of esters is 1. The highest BCUT2D eigenvalue weighted by Crippen LogP contribution is 2.55. The summed E-state index contributed by atoms with van der Waals surface area (Å²) in [6, 6.07) is 5.03. The summed E-state index contributed by atoms with van der Waals surface area (Å²) in [5, 5.41) is 23.5. The van der Waals surface area contributed by atoms with Crippen molar-refractivity contribution in [2.45, 2.75) is 120 Å². The Labute approximate surface area is 348 Å². The van der Waals surface area contributed by atoms with Crippen LogP contribution in [0.3, 0.4) is 0 Å². The molecule has 7 atom stereocenters. The molecule has 0 amide bonds. The van der Waals surface area contributed by atoms with Gasteiger partial charge in [-0.3, -0.25) is 4.79 Å². The third kappa shape index (κ3) is 6.46. The number of hydrogen-bond donors (Lipinski definition) is 7. The number of nitrogens with zero attached hydrogens (tertiary/aromatic N) is 1. The van der Waals surface area contributed by atoms with Crippen molar-refractivity contribution >= 4 is 27.8 Å². The van der Waals surface area contributed by atoms with Crippen molar-refractivity contribution in [3.8, 4) is 11.5 Å². The smallest absolute Gasteiger partial charge is 0.341 e. The summed E-state index contributed by atoms with van der Waals surface area (Å²) in [5.41, 5.74) is 17.6. The Balaban J connectivity index is 0.916. The molecular weight excluding hydrogens is 763 g/mol. The lowest BCUT2D eigenvalue weighted by Gasteiger charge is -2.45. The number of nitrogens with two attached hydrogens (primary N) is 2. The molecule has 3 aromatic heterocycles. The number of benzene rings is 1. The zero-order valence-corrected chi connectivity index (χ0v) is 34.7. The number of dihydropyridines is 2. The summed E-state index contributed by atoms with van der Waals surface area (Å²) in [6.07, 6.45) is 15.3. The Bertz CT molecular complexity index is 2580. The highest BCUT2D eigenvalue weighted by molar-refractivity contribution is 5.88. The van der Waals surface area contributed by atoms with E-state index in [9.17, 15) is 14.7 Å². The molecule has 1 aromatic carbocycles. The fraction of sp³-hybridized carbons (Fsp3) is 0.478. The number of allylic oxidation sites excluding steroid dienone is 2. The molecule has 14 nitrogen and oxygen atoms in total. The molecule has 6 aliphatic rings. The van der Waals surface area contributed by atoms with Crippen molar-refractivity contribution in [3.05, 3.63) is 104 Å². The van der Waals surface area contributed by atoms with Gasteiger partial charge in [0.05, 0.1) is 29.5 Å². The monoisotopic (exact) mass is 817 g/mol. The van der Waals surface area contributed by atoms with Crippen LogP contribution in [0, 0.1) is 12.8 Å². The summed E-state index contributed by atoms with van der Waals surface area (Å²) in [4.78, 5) is 31.0. The van der Waals surface area contributed by atoms with Crippen LogP contribution in [-0.4, -0.2) is 69.7 Å².